The number of fused-ring (bicyclic) bond motifs is 1. The van der Waals surface area contributed by atoms with E-state index < -0.39 is 11.7 Å². The number of carbonyl (C=O) groups is 3. The number of likely N-dealkylation sites (N-methyl/N-ethyl adjacent to an activating group) is 1. The van der Waals surface area contributed by atoms with E-state index in [9.17, 15) is 18.8 Å². The number of hydrogen-bond donors (Lipinski definition) is 0. The van der Waals surface area contributed by atoms with E-state index >= 15 is 0 Å². The molecule has 1 aliphatic heterocycles. The monoisotopic (exact) mass is 509 g/mol. The summed E-state index contributed by atoms with van der Waals surface area (Å²) in [5.74, 6) is -1.10. The zero-order chi connectivity index (χ0) is 25.6. The Morgan fingerprint density at radius 1 is 1.03 bits per heavy atom. The normalized spacial score (nSPS) is 16.4. The summed E-state index contributed by atoms with van der Waals surface area (Å²) >= 11 is 6.54. The molecule has 0 bridgehead atoms. The smallest absolute Gasteiger partial charge is 0.295 e. The predicted molar refractivity (Wildman–Crippen MR) is 137 cm³/mol. The van der Waals surface area contributed by atoms with Crippen LogP contribution in [-0.4, -0.2) is 58.1 Å². The Morgan fingerprint density at radius 2 is 1.69 bits per heavy atom. The Kier molecular flexibility index (Phi) is 6.60. The van der Waals surface area contributed by atoms with Crippen LogP contribution in [0.1, 0.15) is 52.0 Å². The number of benzene rings is 2. The van der Waals surface area contributed by atoms with Gasteiger partial charge in [-0.15, -0.1) is 0 Å². The Balaban J connectivity index is 1.33. The van der Waals surface area contributed by atoms with Gasteiger partial charge in [0, 0.05) is 44.8 Å². The number of aromatic nitrogens is 1. The number of rotatable bonds is 6. The van der Waals surface area contributed by atoms with Gasteiger partial charge in [0.2, 0.25) is 0 Å². The molecule has 0 radical (unpaired) electrons. The molecule has 2 aromatic carbocycles. The molecule has 8 heteroatoms. The van der Waals surface area contributed by atoms with Crippen molar-refractivity contribution in [2.75, 3.05) is 20.1 Å². The molecule has 0 N–H and O–H groups in total. The van der Waals surface area contributed by atoms with E-state index in [2.05, 4.69) is 0 Å². The van der Waals surface area contributed by atoms with Crippen LogP contribution < -0.4 is 0 Å². The van der Waals surface area contributed by atoms with Gasteiger partial charge in [0.1, 0.15) is 5.82 Å². The third kappa shape index (κ3) is 4.76. The van der Waals surface area contributed by atoms with Crippen molar-refractivity contribution in [3.05, 3.63) is 70.1 Å². The molecule has 2 heterocycles. The maximum atomic E-state index is 13.4. The first-order valence-corrected chi connectivity index (χ1v) is 12.7. The first-order valence-electron chi connectivity index (χ1n) is 12.4. The van der Waals surface area contributed by atoms with E-state index in [1.165, 1.54) is 17.0 Å². The van der Waals surface area contributed by atoms with Crippen LogP contribution in [0.25, 0.3) is 10.9 Å². The minimum atomic E-state index is -0.572. The van der Waals surface area contributed by atoms with Crippen molar-refractivity contribution in [2.45, 2.75) is 38.1 Å². The van der Waals surface area contributed by atoms with Crippen LogP contribution >= 0.6 is 11.6 Å². The summed E-state index contributed by atoms with van der Waals surface area (Å²) in [4.78, 5) is 42.5. The second kappa shape index (κ2) is 9.69. The van der Waals surface area contributed by atoms with Crippen molar-refractivity contribution in [2.24, 2.45) is 13.0 Å². The number of hydrogen-bond acceptors (Lipinski definition) is 3. The molecule has 2 fully saturated rings. The second-order valence-electron chi connectivity index (χ2n) is 10.0. The molecular formula is C28H29ClFN3O3. The molecule has 3 aromatic rings. The van der Waals surface area contributed by atoms with Gasteiger partial charge in [-0.3, -0.25) is 14.4 Å². The van der Waals surface area contributed by atoms with E-state index in [1.807, 2.05) is 12.1 Å². The van der Waals surface area contributed by atoms with Gasteiger partial charge in [-0.2, -0.15) is 0 Å². The number of aryl methyl sites for hydroxylation is 1. The molecule has 0 unspecified atom stereocenters. The summed E-state index contributed by atoms with van der Waals surface area (Å²) in [7, 11) is 3.45. The van der Waals surface area contributed by atoms with E-state index in [0.717, 1.165) is 37.7 Å². The first kappa shape index (κ1) is 24.5. The van der Waals surface area contributed by atoms with Crippen LogP contribution in [0.3, 0.4) is 0 Å². The van der Waals surface area contributed by atoms with Crippen LogP contribution in [0.15, 0.2) is 42.6 Å². The van der Waals surface area contributed by atoms with Crippen molar-refractivity contribution in [3.63, 3.8) is 0 Å². The molecule has 36 heavy (non-hydrogen) atoms. The summed E-state index contributed by atoms with van der Waals surface area (Å²) in [5.41, 5.74) is 2.41. The van der Waals surface area contributed by atoms with E-state index in [-0.39, 0.29) is 23.3 Å². The van der Waals surface area contributed by atoms with Gasteiger partial charge in [0.15, 0.2) is 0 Å². The average molecular weight is 510 g/mol. The van der Waals surface area contributed by atoms with Crippen LogP contribution in [0.4, 0.5) is 4.39 Å². The molecule has 1 aliphatic carbocycles. The highest BCUT2D eigenvalue weighted by Gasteiger charge is 2.34. The lowest BCUT2D eigenvalue weighted by atomic mass is 9.90. The fourth-order valence-corrected chi connectivity index (χ4v) is 5.35. The SMILES string of the molecule is CN(C(=O)C(=O)c1cn(C)c2cc(Cl)c(C(=O)N3CCC(Cc4ccc(F)cc4)CC3)cc12)C1CC1. The van der Waals surface area contributed by atoms with Crippen molar-refractivity contribution in [3.8, 4) is 0 Å². The van der Waals surface area contributed by atoms with Crippen molar-refractivity contribution in [1.82, 2.24) is 14.4 Å². The lowest BCUT2D eigenvalue weighted by Gasteiger charge is -2.32. The topological polar surface area (TPSA) is 62.6 Å². The number of nitrogens with zero attached hydrogens (tertiary/aromatic N) is 3. The zero-order valence-electron chi connectivity index (χ0n) is 20.5. The summed E-state index contributed by atoms with van der Waals surface area (Å²) in [6.45, 7) is 1.20. The van der Waals surface area contributed by atoms with Gasteiger partial charge >= 0.3 is 0 Å². The third-order valence-corrected chi connectivity index (χ3v) is 7.81. The molecule has 1 saturated carbocycles. The van der Waals surface area contributed by atoms with Gasteiger partial charge in [-0.05, 0) is 67.9 Å². The van der Waals surface area contributed by atoms with E-state index in [4.69, 9.17) is 11.6 Å². The standard InChI is InChI=1S/C28H29ClFN3O3/c1-31-16-23(26(34)28(36)32(2)20-7-8-20)21-14-22(24(29)15-25(21)31)27(35)33-11-9-18(10-12-33)13-17-3-5-19(30)6-4-17/h3-6,14-16,18,20H,7-13H2,1-2H3. The average Bonchev–Trinajstić information content (AvgIpc) is 3.68. The summed E-state index contributed by atoms with van der Waals surface area (Å²) in [6.07, 6.45) is 6.02. The predicted octanol–water partition coefficient (Wildman–Crippen LogP) is 4.87. The number of Topliss-reactive ketones (excluding diaryl/α,β-unsaturated/α-hetero) is 1. The lowest BCUT2D eigenvalue weighted by Crippen LogP contribution is -2.39. The fraction of sp³-hybridized carbons (Fsp3) is 0.393. The maximum absolute atomic E-state index is 13.4. The molecule has 1 aromatic heterocycles. The molecule has 6 nitrogen and oxygen atoms in total. The maximum Gasteiger partial charge on any atom is 0.295 e. The number of ketones is 1. The first-order chi connectivity index (χ1) is 17.2. The summed E-state index contributed by atoms with van der Waals surface area (Å²) < 4.78 is 14.9. The highest BCUT2D eigenvalue weighted by Crippen LogP contribution is 2.32. The molecule has 0 atom stereocenters. The van der Waals surface area contributed by atoms with E-state index in [0.29, 0.717) is 40.5 Å². The highest BCUT2D eigenvalue weighted by molar-refractivity contribution is 6.45. The molecule has 188 valence electrons. The molecule has 0 spiro atoms. The molecule has 2 aliphatic rings. The third-order valence-electron chi connectivity index (χ3n) is 7.50. The minimum absolute atomic E-state index is 0.133. The highest BCUT2D eigenvalue weighted by atomic mass is 35.5. The van der Waals surface area contributed by atoms with Crippen LogP contribution in [0.5, 0.6) is 0 Å². The molecular weight excluding hydrogens is 481 g/mol. The van der Waals surface area contributed by atoms with Gasteiger partial charge in [0.05, 0.1) is 21.7 Å². The number of carbonyl (C=O) groups excluding carboxylic acids is 3. The Bertz CT molecular complexity index is 1340. The summed E-state index contributed by atoms with van der Waals surface area (Å²) in [6, 6.07) is 10.1. The molecule has 5 rings (SSSR count). The van der Waals surface area contributed by atoms with Gasteiger partial charge in [0.25, 0.3) is 17.6 Å². The van der Waals surface area contributed by atoms with Crippen molar-refractivity contribution < 1.29 is 18.8 Å². The minimum Gasteiger partial charge on any atom is -0.350 e. The molecule has 2 amide bonds. The zero-order valence-corrected chi connectivity index (χ0v) is 21.2. The fourth-order valence-electron chi connectivity index (χ4n) is 5.12. The van der Waals surface area contributed by atoms with E-state index in [1.54, 1.807) is 41.9 Å². The lowest BCUT2D eigenvalue weighted by molar-refractivity contribution is -0.125. The Labute approximate surface area is 214 Å². The molecule has 1 saturated heterocycles. The number of halogens is 2. The number of piperidine rings is 1. The Morgan fingerprint density at radius 3 is 2.33 bits per heavy atom. The van der Waals surface area contributed by atoms with Crippen LogP contribution in [0, 0.1) is 11.7 Å². The van der Waals surface area contributed by atoms with Gasteiger partial charge in [-0.1, -0.05) is 23.7 Å². The van der Waals surface area contributed by atoms with Crippen molar-refractivity contribution in [1.29, 1.82) is 0 Å². The summed E-state index contributed by atoms with van der Waals surface area (Å²) in [5, 5.41) is 0.876. The number of amides is 2. The van der Waals surface area contributed by atoms with Crippen molar-refractivity contribution >= 4 is 40.1 Å². The van der Waals surface area contributed by atoms with Gasteiger partial charge in [-0.25, -0.2) is 4.39 Å². The quantitative estimate of drug-likeness (QED) is 0.352. The largest absolute Gasteiger partial charge is 0.350 e. The Hall–Kier alpha value is -3.19. The number of likely N-dealkylation sites (tertiary alicyclic amines) is 1. The van der Waals surface area contributed by atoms with Gasteiger partial charge < -0.3 is 14.4 Å². The second-order valence-corrected chi connectivity index (χ2v) is 10.5. The van der Waals surface area contributed by atoms with Crippen LogP contribution in [-0.2, 0) is 18.3 Å². The van der Waals surface area contributed by atoms with Crippen LogP contribution in [0.2, 0.25) is 5.02 Å².